The summed E-state index contributed by atoms with van der Waals surface area (Å²) in [6.45, 7) is 5.48. The first kappa shape index (κ1) is 20.6. The number of hydrogen-bond acceptors (Lipinski definition) is 5. The van der Waals surface area contributed by atoms with Crippen LogP contribution in [0, 0.1) is 5.92 Å². The minimum Gasteiger partial charge on any atom is -0.340 e. The Morgan fingerprint density at radius 1 is 1.25 bits per heavy atom. The molecule has 0 aliphatic rings. The van der Waals surface area contributed by atoms with Gasteiger partial charge in [-0.25, -0.2) is 4.98 Å². The second-order valence-corrected chi connectivity index (χ2v) is 9.14. The van der Waals surface area contributed by atoms with Gasteiger partial charge in [0.1, 0.15) is 0 Å². The maximum absolute atomic E-state index is 13.0. The maximum atomic E-state index is 13.0. The summed E-state index contributed by atoms with van der Waals surface area (Å²) in [5.74, 6) is 0.764. The number of amides is 1. The minimum absolute atomic E-state index is 0.0243. The van der Waals surface area contributed by atoms with E-state index in [1.54, 1.807) is 20.8 Å². The zero-order chi connectivity index (χ0) is 20.1. The molecule has 0 saturated carbocycles. The van der Waals surface area contributed by atoms with Crippen LogP contribution in [-0.2, 0) is 17.9 Å². The Morgan fingerprint density at radius 2 is 2.04 bits per heavy atom. The predicted octanol–water partition coefficient (Wildman–Crippen LogP) is 4.25. The quantitative estimate of drug-likeness (QED) is 0.408. The van der Waals surface area contributed by atoms with Gasteiger partial charge in [-0.2, -0.15) is 0 Å². The molecule has 1 amide bonds. The van der Waals surface area contributed by atoms with Crippen LogP contribution in [0.2, 0.25) is 0 Å². The summed E-state index contributed by atoms with van der Waals surface area (Å²) in [5.41, 5.74) is 0.642. The number of rotatable bonds is 8. The van der Waals surface area contributed by atoms with Gasteiger partial charge in [-0.15, -0.1) is 11.3 Å². The lowest BCUT2D eigenvalue weighted by Gasteiger charge is -2.17. The highest BCUT2D eigenvalue weighted by Gasteiger charge is 2.15. The Balaban J connectivity index is 1.79. The van der Waals surface area contributed by atoms with Crippen LogP contribution in [0.5, 0.6) is 0 Å². The van der Waals surface area contributed by atoms with Crippen molar-refractivity contribution in [2.75, 3.05) is 12.8 Å². The van der Waals surface area contributed by atoms with E-state index in [4.69, 9.17) is 0 Å². The van der Waals surface area contributed by atoms with Crippen molar-refractivity contribution in [1.29, 1.82) is 0 Å². The van der Waals surface area contributed by atoms with E-state index < -0.39 is 0 Å². The number of aromatic nitrogens is 2. The molecule has 0 spiro atoms. The summed E-state index contributed by atoms with van der Waals surface area (Å²) < 4.78 is 1.72. The van der Waals surface area contributed by atoms with E-state index in [0.717, 1.165) is 11.3 Å². The first-order chi connectivity index (χ1) is 13.5. The van der Waals surface area contributed by atoms with Gasteiger partial charge in [0.2, 0.25) is 5.91 Å². The highest BCUT2D eigenvalue weighted by Crippen LogP contribution is 2.20. The molecule has 0 bridgehead atoms. The smallest absolute Gasteiger partial charge is 0.262 e. The number of hydrogen-bond donors (Lipinski definition) is 0. The highest BCUT2D eigenvalue weighted by molar-refractivity contribution is 7.99. The number of thioether (sulfide) groups is 1. The standard InChI is InChI=1S/C21H25N3O2S2/c1-15(2)10-11-24-20(26)17-8-4-5-9-18(17)22-21(24)28-14-19(25)23(3)13-16-7-6-12-27-16/h4-9,12,15H,10-11,13-14H2,1-3H3. The van der Waals surface area contributed by atoms with Crippen molar-refractivity contribution < 1.29 is 4.79 Å². The molecule has 0 unspecified atom stereocenters. The van der Waals surface area contributed by atoms with E-state index in [1.807, 2.05) is 48.8 Å². The molecule has 3 aromatic rings. The van der Waals surface area contributed by atoms with Gasteiger partial charge in [-0.1, -0.05) is 43.8 Å². The molecule has 2 heterocycles. The summed E-state index contributed by atoms with van der Waals surface area (Å²) in [4.78, 5) is 33.1. The van der Waals surface area contributed by atoms with Crippen molar-refractivity contribution in [2.24, 2.45) is 5.92 Å². The SMILES string of the molecule is CC(C)CCn1c(SCC(=O)N(C)Cc2cccs2)nc2ccccc2c1=O. The Hall–Kier alpha value is -2.12. The van der Waals surface area contributed by atoms with Crippen LogP contribution in [-0.4, -0.2) is 33.2 Å². The van der Waals surface area contributed by atoms with E-state index in [9.17, 15) is 9.59 Å². The van der Waals surface area contributed by atoms with Gasteiger partial charge in [-0.05, 0) is 35.9 Å². The van der Waals surface area contributed by atoms with Gasteiger partial charge in [-0.3, -0.25) is 14.2 Å². The lowest BCUT2D eigenvalue weighted by molar-refractivity contribution is -0.127. The Morgan fingerprint density at radius 3 is 2.75 bits per heavy atom. The third kappa shape index (κ3) is 5.02. The molecule has 0 aliphatic heterocycles. The number of benzene rings is 1. The van der Waals surface area contributed by atoms with Crippen molar-refractivity contribution in [3.63, 3.8) is 0 Å². The topological polar surface area (TPSA) is 55.2 Å². The van der Waals surface area contributed by atoms with Gasteiger partial charge >= 0.3 is 0 Å². The maximum Gasteiger partial charge on any atom is 0.262 e. The average Bonchev–Trinajstić information content (AvgIpc) is 3.18. The molecule has 7 heteroatoms. The summed E-state index contributed by atoms with van der Waals surface area (Å²) in [6.07, 6.45) is 0.889. The zero-order valence-corrected chi connectivity index (χ0v) is 18.1. The van der Waals surface area contributed by atoms with Crippen LogP contribution in [0.4, 0.5) is 0 Å². The van der Waals surface area contributed by atoms with E-state index in [-0.39, 0.29) is 17.2 Å². The number of carbonyl (C=O) groups is 1. The van der Waals surface area contributed by atoms with Gasteiger partial charge in [0.25, 0.3) is 5.56 Å². The molecule has 0 fully saturated rings. The average molecular weight is 416 g/mol. The molecule has 0 saturated heterocycles. The normalized spacial score (nSPS) is 11.3. The molecule has 1 aromatic carbocycles. The van der Waals surface area contributed by atoms with Crippen LogP contribution in [0.3, 0.4) is 0 Å². The van der Waals surface area contributed by atoms with Crippen molar-refractivity contribution in [3.8, 4) is 0 Å². The van der Waals surface area contributed by atoms with Gasteiger partial charge in [0.15, 0.2) is 5.16 Å². The molecule has 148 valence electrons. The zero-order valence-electron chi connectivity index (χ0n) is 16.4. The molecule has 0 radical (unpaired) electrons. The second-order valence-electron chi connectivity index (χ2n) is 7.17. The molecule has 2 aromatic heterocycles. The molecule has 0 N–H and O–H groups in total. The largest absolute Gasteiger partial charge is 0.340 e. The summed E-state index contributed by atoms with van der Waals surface area (Å²) in [6, 6.07) is 11.4. The van der Waals surface area contributed by atoms with Gasteiger partial charge < -0.3 is 4.90 Å². The molecule has 0 atom stereocenters. The first-order valence-electron chi connectivity index (χ1n) is 9.34. The van der Waals surface area contributed by atoms with Crippen LogP contribution in [0.25, 0.3) is 10.9 Å². The Bertz CT molecular complexity index is 997. The molecule has 0 aliphatic carbocycles. The van der Waals surface area contributed by atoms with E-state index >= 15 is 0 Å². The molecular weight excluding hydrogens is 390 g/mol. The highest BCUT2D eigenvalue weighted by atomic mass is 32.2. The lowest BCUT2D eigenvalue weighted by atomic mass is 10.1. The molecule has 28 heavy (non-hydrogen) atoms. The number of carbonyl (C=O) groups excluding carboxylic acids is 1. The van der Waals surface area contributed by atoms with Crippen molar-refractivity contribution in [2.45, 2.75) is 38.5 Å². The molecule has 5 nitrogen and oxygen atoms in total. The van der Waals surface area contributed by atoms with Crippen molar-refractivity contribution in [3.05, 3.63) is 57.0 Å². The van der Waals surface area contributed by atoms with Crippen LogP contribution in [0.1, 0.15) is 25.1 Å². The van der Waals surface area contributed by atoms with Crippen molar-refractivity contribution in [1.82, 2.24) is 14.5 Å². The van der Waals surface area contributed by atoms with Gasteiger partial charge in [0, 0.05) is 18.5 Å². The Kier molecular flexibility index (Phi) is 6.91. The fourth-order valence-electron chi connectivity index (χ4n) is 2.80. The molecule has 3 rings (SSSR count). The molecular formula is C21H25N3O2S2. The number of fused-ring (bicyclic) bond motifs is 1. The fourth-order valence-corrected chi connectivity index (χ4v) is 4.53. The number of thiophene rings is 1. The summed E-state index contributed by atoms with van der Waals surface area (Å²) in [5, 5.41) is 3.24. The first-order valence-corrected chi connectivity index (χ1v) is 11.2. The second kappa shape index (κ2) is 9.39. The lowest BCUT2D eigenvalue weighted by Crippen LogP contribution is -2.28. The third-order valence-corrected chi connectivity index (χ3v) is 6.30. The van der Waals surface area contributed by atoms with Crippen LogP contribution >= 0.6 is 23.1 Å². The van der Waals surface area contributed by atoms with E-state index in [2.05, 4.69) is 18.8 Å². The fraction of sp³-hybridized carbons (Fsp3) is 0.381. The summed E-state index contributed by atoms with van der Waals surface area (Å²) in [7, 11) is 1.81. The van der Waals surface area contributed by atoms with E-state index in [0.29, 0.717) is 35.1 Å². The predicted molar refractivity (Wildman–Crippen MR) is 117 cm³/mol. The van der Waals surface area contributed by atoms with Crippen LogP contribution in [0.15, 0.2) is 51.7 Å². The third-order valence-electron chi connectivity index (χ3n) is 4.48. The van der Waals surface area contributed by atoms with Crippen molar-refractivity contribution >= 4 is 39.9 Å². The van der Waals surface area contributed by atoms with Gasteiger partial charge in [0.05, 0.1) is 23.2 Å². The van der Waals surface area contributed by atoms with E-state index in [1.165, 1.54) is 11.8 Å². The number of nitrogens with zero attached hydrogens (tertiary/aromatic N) is 3. The van der Waals surface area contributed by atoms with Crippen LogP contribution < -0.4 is 5.56 Å². The number of para-hydroxylation sites is 1. The minimum atomic E-state index is -0.0341. The Labute approximate surface area is 173 Å². The summed E-state index contributed by atoms with van der Waals surface area (Å²) >= 11 is 2.98. The monoisotopic (exact) mass is 415 g/mol.